The van der Waals surface area contributed by atoms with E-state index in [0.717, 1.165) is 5.01 Å². The van der Waals surface area contributed by atoms with Gasteiger partial charge in [0.05, 0.1) is 0 Å². The molecule has 7 heteroatoms. The van der Waals surface area contributed by atoms with Crippen LogP contribution in [0.1, 0.15) is 0 Å². The van der Waals surface area contributed by atoms with Crippen molar-refractivity contribution in [1.29, 1.82) is 0 Å². The Labute approximate surface area is 103 Å². The van der Waals surface area contributed by atoms with E-state index in [1.165, 1.54) is 0 Å². The van der Waals surface area contributed by atoms with E-state index in [1.807, 2.05) is 11.4 Å². The zero-order valence-corrected chi connectivity index (χ0v) is 9.38. The quantitative estimate of drug-likeness (QED) is 0.714. The van der Waals surface area contributed by atoms with E-state index in [4.69, 9.17) is 4.74 Å². The van der Waals surface area contributed by atoms with Crippen LogP contribution in [0.3, 0.4) is 0 Å². The molecule has 18 heavy (non-hydrogen) atoms. The average Bonchev–Trinajstić information content (AvgIpc) is 2.67. The second-order valence-corrected chi connectivity index (χ2v) is 3.58. The molecule has 1 aliphatic rings. The van der Waals surface area contributed by atoms with Gasteiger partial charge >= 0.3 is 6.03 Å². The lowest BCUT2D eigenvalue weighted by atomic mass is 10.3. The van der Waals surface area contributed by atoms with E-state index >= 15 is 0 Å². The second kappa shape index (κ2) is 5.17. The number of hydrogen-bond donors (Lipinski definition) is 2. The van der Waals surface area contributed by atoms with E-state index in [9.17, 15) is 14.4 Å². The zero-order chi connectivity index (χ0) is 13.0. The summed E-state index contributed by atoms with van der Waals surface area (Å²) >= 11 is 0. The Hall–Kier alpha value is -2.57. The SMILES string of the molecule is O=C1CN(NC(=O)COc2ccccc2)C(=O)N1. The van der Waals surface area contributed by atoms with Crippen molar-refractivity contribution in [1.82, 2.24) is 15.8 Å². The maximum atomic E-state index is 11.5. The van der Waals surface area contributed by atoms with Crippen molar-refractivity contribution in [3.05, 3.63) is 30.3 Å². The number of carbonyl (C=O) groups is 3. The summed E-state index contributed by atoms with van der Waals surface area (Å²) in [6.07, 6.45) is 0. The third-order valence-electron chi connectivity index (χ3n) is 2.17. The Kier molecular flexibility index (Phi) is 3.42. The minimum atomic E-state index is -0.645. The monoisotopic (exact) mass is 249 g/mol. The van der Waals surface area contributed by atoms with Crippen molar-refractivity contribution in [2.45, 2.75) is 0 Å². The van der Waals surface area contributed by atoms with Crippen LogP contribution >= 0.6 is 0 Å². The lowest BCUT2D eigenvalue weighted by Gasteiger charge is -2.14. The van der Waals surface area contributed by atoms with Crippen LogP contribution < -0.4 is 15.5 Å². The number of imide groups is 1. The molecule has 7 nitrogen and oxygen atoms in total. The van der Waals surface area contributed by atoms with Crippen LogP contribution in [0, 0.1) is 0 Å². The number of nitrogens with one attached hydrogen (secondary N) is 2. The van der Waals surface area contributed by atoms with Crippen LogP contribution in [0.4, 0.5) is 4.79 Å². The van der Waals surface area contributed by atoms with E-state index in [0.29, 0.717) is 5.75 Å². The third kappa shape index (κ3) is 2.97. The number of hydrogen-bond acceptors (Lipinski definition) is 4. The van der Waals surface area contributed by atoms with Gasteiger partial charge in [0, 0.05) is 0 Å². The molecular formula is C11H11N3O4. The Morgan fingerprint density at radius 2 is 2.06 bits per heavy atom. The number of hydrazine groups is 1. The summed E-state index contributed by atoms with van der Waals surface area (Å²) in [5, 5.41) is 2.94. The van der Waals surface area contributed by atoms with Crippen LogP contribution in [-0.4, -0.2) is 36.0 Å². The molecule has 0 unspecified atom stereocenters. The van der Waals surface area contributed by atoms with Gasteiger partial charge in [0.1, 0.15) is 12.3 Å². The lowest BCUT2D eigenvalue weighted by Crippen LogP contribution is -2.46. The predicted octanol–water partition coefficient (Wildman–Crippen LogP) is -0.352. The molecule has 0 bridgehead atoms. The van der Waals surface area contributed by atoms with Gasteiger partial charge in [-0.3, -0.25) is 20.3 Å². The number of urea groups is 1. The summed E-state index contributed by atoms with van der Waals surface area (Å²) < 4.78 is 5.18. The maximum absolute atomic E-state index is 11.5. The highest BCUT2D eigenvalue weighted by Crippen LogP contribution is 2.07. The highest BCUT2D eigenvalue weighted by atomic mass is 16.5. The number of benzene rings is 1. The number of rotatable bonds is 4. The molecule has 1 aromatic carbocycles. The average molecular weight is 249 g/mol. The number of amides is 4. The van der Waals surface area contributed by atoms with Crippen molar-refractivity contribution in [2.24, 2.45) is 0 Å². The van der Waals surface area contributed by atoms with E-state index < -0.39 is 17.8 Å². The summed E-state index contributed by atoms with van der Waals surface area (Å²) in [6.45, 7) is -0.419. The molecule has 2 rings (SSSR count). The molecule has 0 radical (unpaired) electrons. The molecule has 2 N–H and O–H groups in total. The first kappa shape index (κ1) is 11.9. The van der Waals surface area contributed by atoms with Gasteiger partial charge in [0.25, 0.3) is 5.91 Å². The molecule has 1 heterocycles. The van der Waals surface area contributed by atoms with Crippen LogP contribution in [0.5, 0.6) is 5.75 Å². The molecule has 0 aromatic heterocycles. The molecule has 0 saturated carbocycles. The van der Waals surface area contributed by atoms with E-state index in [2.05, 4.69) is 5.43 Å². The lowest BCUT2D eigenvalue weighted by molar-refractivity contribution is -0.127. The number of nitrogens with zero attached hydrogens (tertiary/aromatic N) is 1. The number of ether oxygens (including phenoxy) is 1. The fourth-order valence-corrected chi connectivity index (χ4v) is 1.38. The van der Waals surface area contributed by atoms with Crippen molar-refractivity contribution in [3.63, 3.8) is 0 Å². The van der Waals surface area contributed by atoms with Gasteiger partial charge in [-0.1, -0.05) is 18.2 Å². The second-order valence-electron chi connectivity index (χ2n) is 3.58. The highest BCUT2D eigenvalue weighted by Gasteiger charge is 2.28. The standard InChI is InChI=1S/C11H11N3O4/c15-9-6-14(11(17)12-9)13-10(16)7-18-8-4-2-1-3-5-8/h1-5H,6-7H2,(H,13,16)(H,12,15,17). The first-order valence-electron chi connectivity index (χ1n) is 5.24. The minimum absolute atomic E-state index is 0.185. The summed E-state index contributed by atoms with van der Waals surface area (Å²) in [5.74, 6) is -0.414. The van der Waals surface area contributed by atoms with Gasteiger partial charge in [-0.25, -0.2) is 9.80 Å². The first-order chi connectivity index (χ1) is 8.65. The Morgan fingerprint density at radius 3 is 2.67 bits per heavy atom. The van der Waals surface area contributed by atoms with Crippen LogP contribution in [0.2, 0.25) is 0 Å². The van der Waals surface area contributed by atoms with Gasteiger partial charge in [0.2, 0.25) is 5.91 Å². The van der Waals surface area contributed by atoms with Crippen LogP contribution in [-0.2, 0) is 9.59 Å². The fourth-order valence-electron chi connectivity index (χ4n) is 1.38. The normalized spacial score (nSPS) is 14.3. The van der Waals surface area contributed by atoms with Crippen LogP contribution in [0.15, 0.2) is 30.3 Å². The van der Waals surface area contributed by atoms with E-state index in [1.54, 1.807) is 24.3 Å². The van der Waals surface area contributed by atoms with E-state index in [-0.39, 0.29) is 13.2 Å². The van der Waals surface area contributed by atoms with Crippen LogP contribution in [0.25, 0.3) is 0 Å². The molecule has 0 atom stereocenters. The summed E-state index contributed by atoms with van der Waals surface area (Å²) in [5.41, 5.74) is 2.27. The molecule has 0 spiro atoms. The summed E-state index contributed by atoms with van der Waals surface area (Å²) in [6, 6.07) is 8.15. The van der Waals surface area contributed by atoms with Gasteiger partial charge < -0.3 is 4.74 Å². The van der Waals surface area contributed by atoms with Crippen molar-refractivity contribution >= 4 is 17.8 Å². The highest BCUT2D eigenvalue weighted by molar-refractivity contribution is 6.02. The van der Waals surface area contributed by atoms with Gasteiger partial charge in [-0.05, 0) is 12.1 Å². The third-order valence-corrected chi connectivity index (χ3v) is 2.17. The fraction of sp³-hybridized carbons (Fsp3) is 0.182. The summed E-state index contributed by atoms with van der Waals surface area (Å²) in [7, 11) is 0. The summed E-state index contributed by atoms with van der Waals surface area (Å²) in [4.78, 5) is 33.5. The Balaban J connectivity index is 1.79. The maximum Gasteiger partial charge on any atom is 0.343 e. The Morgan fingerprint density at radius 1 is 1.33 bits per heavy atom. The van der Waals surface area contributed by atoms with Gasteiger partial charge in [-0.15, -0.1) is 0 Å². The molecule has 1 fully saturated rings. The van der Waals surface area contributed by atoms with Gasteiger partial charge in [0.15, 0.2) is 6.61 Å². The topological polar surface area (TPSA) is 87.7 Å². The smallest absolute Gasteiger partial charge is 0.343 e. The molecule has 1 aromatic rings. The van der Waals surface area contributed by atoms with Gasteiger partial charge in [-0.2, -0.15) is 0 Å². The number of para-hydroxylation sites is 1. The molecule has 1 saturated heterocycles. The van der Waals surface area contributed by atoms with Crippen molar-refractivity contribution in [3.8, 4) is 5.75 Å². The molecule has 1 aliphatic heterocycles. The molecule has 4 amide bonds. The number of carbonyl (C=O) groups excluding carboxylic acids is 3. The largest absolute Gasteiger partial charge is 0.484 e. The van der Waals surface area contributed by atoms with Crippen molar-refractivity contribution < 1.29 is 19.1 Å². The minimum Gasteiger partial charge on any atom is -0.484 e. The van der Waals surface area contributed by atoms with Crippen molar-refractivity contribution in [2.75, 3.05) is 13.2 Å². The predicted molar refractivity (Wildman–Crippen MR) is 60.3 cm³/mol. The molecule has 94 valence electrons. The zero-order valence-electron chi connectivity index (χ0n) is 9.38. The Bertz CT molecular complexity index is 474. The molecule has 0 aliphatic carbocycles. The first-order valence-corrected chi connectivity index (χ1v) is 5.24. The molecular weight excluding hydrogens is 238 g/mol.